The highest BCUT2D eigenvalue weighted by atomic mass is 19.1. The van der Waals surface area contributed by atoms with Crippen LogP contribution < -0.4 is 0 Å². The zero-order valence-electron chi connectivity index (χ0n) is 12.1. The normalized spacial score (nSPS) is 11.2. The summed E-state index contributed by atoms with van der Waals surface area (Å²) in [5.41, 5.74) is 2.75. The smallest absolute Gasteiger partial charge is 0.151 e. The number of nitrogens with zero attached hydrogens (tertiary/aromatic N) is 2. The van der Waals surface area contributed by atoms with Gasteiger partial charge < -0.3 is 9.67 Å². The zero-order chi connectivity index (χ0) is 15.0. The molecule has 0 radical (unpaired) electrons. The Balaban J connectivity index is 2.33. The Morgan fingerprint density at radius 3 is 2.71 bits per heavy atom. The second-order valence-electron chi connectivity index (χ2n) is 5.14. The van der Waals surface area contributed by atoms with Crippen molar-refractivity contribution in [1.82, 2.24) is 9.55 Å². The largest absolute Gasteiger partial charge is 0.508 e. The molecule has 0 aliphatic rings. The quantitative estimate of drug-likeness (QED) is 0.780. The van der Waals surface area contributed by atoms with Crippen molar-refractivity contribution in [1.29, 1.82) is 0 Å². The zero-order valence-corrected chi connectivity index (χ0v) is 12.1. The molecule has 0 atom stereocenters. The van der Waals surface area contributed by atoms with Crippen LogP contribution in [0.25, 0.3) is 22.4 Å². The Hall–Kier alpha value is -2.36. The van der Waals surface area contributed by atoms with Gasteiger partial charge in [-0.1, -0.05) is 25.1 Å². The van der Waals surface area contributed by atoms with Gasteiger partial charge in [0, 0.05) is 17.7 Å². The van der Waals surface area contributed by atoms with Crippen LogP contribution in [-0.2, 0) is 6.54 Å². The third kappa shape index (κ3) is 2.17. The van der Waals surface area contributed by atoms with E-state index in [4.69, 9.17) is 0 Å². The molecule has 0 unspecified atom stereocenters. The molecule has 1 heterocycles. The first-order valence-corrected chi connectivity index (χ1v) is 7.07. The molecule has 0 aliphatic carbocycles. The fourth-order valence-electron chi connectivity index (χ4n) is 2.63. The third-order valence-electron chi connectivity index (χ3n) is 3.72. The van der Waals surface area contributed by atoms with Crippen LogP contribution in [0.3, 0.4) is 0 Å². The van der Waals surface area contributed by atoms with Gasteiger partial charge in [-0.15, -0.1) is 0 Å². The molecule has 1 N–H and O–H groups in total. The van der Waals surface area contributed by atoms with Crippen LogP contribution in [-0.4, -0.2) is 14.7 Å². The number of aryl methyl sites for hydroxylation is 1. The Bertz CT molecular complexity index is 808. The second kappa shape index (κ2) is 5.20. The van der Waals surface area contributed by atoms with E-state index in [9.17, 15) is 9.50 Å². The lowest BCUT2D eigenvalue weighted by atomic mass is 10.1. The summed E-state index contributed by atoms with van der Waals surface area (Å²) in [4.78, 5) is 4.48. The van der Waals surface area contributed by atoms with Crippen LogP contribution in [0.2, 0.25) is 0 Å². The number of phenolic OH excluding ortho intramolecular Hbond substituents is 1. The molecule has 0 saturated heterocycles. The second-order valence-corrected chi connectivity index (χ2v) is 5.14. The van der Waals surface area contributed by atoms with Crippen LogP contribution in [0, 0.1) is 12.7 Å². The molecule has 3 rings (SSSR count). The van der Waals surface area contributed by atoms with E-state index in [0.717, 1.165) is 29.6 Å². The van der Waals surface area contributed by atoms with Crippen LogP contribution in [0.4, 0.5) is 4.39 Å². The summed E-state index contributed by atoms with van der Waals surface area (Å²) in [6, 6.07) is 10.3. The van der Waals surface area contributed by atoms with Gasteiger partial charge in [0.1, 0.15) is 17.1 Å². The van der Waals surface area contributed by atoms with Gasteiger partial charge in [0.15, 0.2) is 5.82 Å². The number of halogens is 1. The Kier molecular flexibility index (Phi) is 3.37. The topological polar surface area (TPSA) is 38.0 Å². The van der Waals surface area contributed by atoms with E-state index in [2.05, 4.69) is 11.9 Å². The van der Waals surface area contributed by atoms with Crippen molar-refractivity contribution in [2.45, 2.75) is 26.8 Å². The Morgan fingerprint density at radius 2 is 1.95 bits per heavy atom. The maximum atomic E-state index is 14.0. The molecule has 0 saturated carbocycles. The molecule has 0 spiro atoms. The Morgan fingerprint density at radius 1 is 1.19 bits per heavy atom. The van der Waals surface area contributed by atoms with Crippen LogP contribution in [0.1, 0.15) is 18.9 Å². The van der Waals surface area contributed by atoms with E-state index >= 15 is 0 Å². The third-order valence-corrected chi connectivity index (χ3v) is 3.72. The summed E-state index contributed by atoms with van der Waals surface area (Å²) in [6.07, 6.45) is 0.923. The summed E-state index contributed by atoms with van der Waals surface area (Å²) in [7, 11) is 0. The first kappa shape index (κ1) is 13.6. The average molecular weight is 284 g/mol. The number of imidazole rings is 1. The fourth-order valence-corrected chi connectivity index (χ4v) is 2.63. The maximum absolute atomic E-state index is 14.0. The molecule has 1 aromatic heterocycles. The predicted molar refractivity (Wildman–Crippen MR) is 81.8 cm³/mol. The molecule has 3 aromatic rings. The summed E-state index contributed by atoms with van der Waals surface area (Å²) in [5.74, 6) is 0.606. The van der Waals surface area contributed by atoms with Crippen LogP contribution >= 0.6 is 0 Å². The number of hydrogen-bond acceptors (Lipinski definition) is 2. The summed E-state index contributed by atoms with van der Waals surface area (Å²) < 4.78 is 16.0. The summed E-state index contributed by atoms with van der Waals surface area (Å²) in [6.45, 7) is 4.67. The first-order chi connectivity index (χ1) is 10.1. The van der Waals surface area contributed by atoms with Gasteiger partial charge >= 0.3 is 0 Å². The van der Waals surface area contributed by atoms with Gasteiger partial charge in [0.2, 0.25) is 0 Å². The van der Waals surface area contributed by atoms with Crippen molar-refractivity contribution in [2.24, 2.45) is 0 Å². The lowest BCUT2D eigenvalue weighted by Gasteiger charge is -2.10. The molecule has 21 heavy (non-hydrogen) atoms. The number of benzene rings is 2. The van der Waals surface area contributed by atoms with Crippen molar-refractivity contribution in [3.05, 3.63) is 47.8 Å². The highest BCUT2D eigenvalue weighted by Crippen LogP contribution is 2.32. The van der Waals surface area contributed by atoms with E-state index in [1.54, 1.807) is 18.2 Å². The number of aromatic hydroxyl groups is 1. The number of phenols is 1. The summed E-state index contributed by atoms with van der Waals surface area (Å²) >= 11 is 0. The van der Waals surface area contributed by atoms with Crippen molar-refractivity contribution < 1.29 is 9.50 Å². The lowest BCUT2D eigenvalue weighted by molar-refractivity contribution is 0.471. The molecular formula is C17H17FN2O. The van der Waals surface area contributed by atoms with Crippen LogP contribution in [0.15, 0.2) is 36.4 Å². The first-order valence-electron chi connectivity index (χ1n) is 7.07. The van der Waals surface area contributed by atoms with Gasteiger partial charge in [0.05, 0.1) is 5.52 Å². The molecule has 108 valence electrons. The minimum atomic E-state index is -0.318. The van der Waals surface area contributed by atoms with E-state index in [1.807, 2.05) is 23.6 Å². The molecule has 0 aliphatic heterocycles. The minimum absolute atomic E-state index is 0.225. The molecule has 0 fully saturated rings. The summed E-state index contributed by atoms with van der Waals surface area (Å²) in [5, 5.41) is 9.90. The molecule has 4 heteroatoms. The van der Waals surface area contributed by atoms with Gasteiger partial charge in [-0.3, -0.25) is 0 Å². The van der Waals surface area contributed by atoms with E-state index in [1.165, 1.54) is 6.07 Å². The number of fused-ring (bicyclic) bond motifs is 1. The molecule has 3 nitrogen and oxygen atoms in total. The number of aromatic nitrogens is 2. The fraction of sp³-hybridized carbons (Fsp3) is 0.235. The number of rotatable bonds is 3. The molecule has 0 bridgehead atoms. The van der Waals surface area contributed by atoms with Gasteiger partial charge in [-0.25, -0.2) is 9.37 Å². The van der Waals surface area contributed by atoms with Crippen molar-refractivity contribution >= 4 is 11.0 Å². The van der Waals surface area contributed by atoms with Gasteiger partial charge in [-0.05, 0) is 31.5 Å². The highest BCUT2D eigenvalue weighted by molar-refractivity contribution is 5.82. The maximum Gasteiger partial charge on any atom is 0.151 e. The van der Waals surface area contributed by atoms with Gasteiger partial charge in [-0.2, -0.15) is 0 Å². The minimum Gasteiger partial charge on any atom is -0.508 e. The lowest BCUT2D eigenvalue weighted by Crippen LogP contribution is -2.00. The predicted octanol–water partition coefficient (Wildman–Crippen LogP) is 4.27. The van der Waals surface area contributed by atoms with Gasteiger partial charge in [0.25, 0.3) is 0 Å². The number of para-hydroxylation sites is 1. The number of hydrogen-bond donors (Lipinski definition) is 1. The molecule has 2 aromatic carbocycles. The van der Waals surface area contributed by atoms with E-state index < -0.39 is 0 Å². The van der Waals surface area contributed by atoms with Crippen molar-refractivity contribution in [2.75, 3.05) is 0 Å². The van der Waals surface area contributed by atoms with E-state index in [0.29, 0.717) is 11.3 Å². The molecule has 0 amide bonds. The Labute approximate surface area is 122 Å². The molecular weight excluding hydrogens is 267 g/mol. The van der Waals surface area contributed by atoms with Crippen LogP contribution in [0.5, 0.6) is 5.75 Å². The SMILES string of the molecule is CCCn1c(-c2cccc(O)c2C)nc2c(F)cccc21. The van der Waals surface area contributed by atoms with Crippen molar-refractivity contribution in [3.63, 3.8) is 0 Å². The highest BCUT2D eigenvalue weighted by Gasteiger charge is 2.17. The average Bonchev–Trinajstić information content (AvgIpc) is 2.83. The monoisotopic (exact) mass is 284 g/mol. The van der Waals surface area contributed by atoms with Crippen molar-refractivity contribution in [3.8, 4) is 17.1 Å². The standard InChI is InChI=1S/C17H17FN2O/c1-3-10-20-14-8-5-7-13(18)16(14)19-17(20)12-6-4-9-15(21)11(12)2/h4-9,21H,3,10H2,1-2H3. The van der Waals surface area contributed by atoms with E-state index in [-0.39, 0.29) is 11.6 Å².